The van der Waals surface area contributed by atoms with Crippen LogP contribution in [-0.4, -0.2) is 10.5 Å². The molecule has 1 heterocycles. The van der Waals surface area contributed by atoms with Crippen molar-refractivity contribution in [3.63, 3.8) is 0 Å². The predicted molar refractivity (Wildman–Crippen MR) is 91.8 cm³/mol. The lowest BCUT2D eigenvalue weighted by atomic mass is 10.2. The normalized spacial score (nSPS) is 12.1. The number of halogens is 4. The molecule has 1 amide bonds. The van der Waals surface area contributed by atoms with Gasteiger partial charge in [0.05, 0.1) is 15.2 Å². The van der Waals surface area contributed by atoms with E-state index in [1.54, 1.807) is 16.7 Å². The molecule has 8 heteroatoms. The molecule has 0 atom stereocenters. The summed E-state index contributed by atoms with van der Waals surface area (Å²) in [6, 6.07) is 6.51. The molecule has 3 rings (SSSR count). The molecule has 1 aromatic heterocycles. The van der Waals surface area contributed by atoms with Crippen molar-refractivity contribution < 1.29 is 13.6 Å². The van der Waals surface area contributed by atoms with E-state index in [9.17, 15) is 13.6 Å². The quantitative estimate of drug-likeness (QED) is 0.606. The Kier molecular flexibility index (Phi) is 4.71. The van der Waals surface area contributed by atoms with Crippen LogP contribution >= 0.6 is 34.5 Å². The summed E-state index contributed by atoms with van der Waals surface area (Å²) in [5.74, 6) is -2.88. The first-order valence-electron chi connectivity index (χ1n) is 6.93. The van der Waals surface area contributed by atoms with Crippen molar-refractivity contribution in [1.82, 2.24) is 4.57 Å². The Balaban J connectivity index is 2.24. The number of nitrogens with zero attached hydrogens (tertiary/aromatic N) is 2. The second-order valence-corrected chi connectivity index (χ2v) is 6.73. The summed E-state index contributed by atoms with van der Waals surface area (Å²) >= 11 is 13.4. The lowest BCUT2D eigenvalue weighted by Crippen LogP contribution is -2.17. The van der Waals surface area contributed by atoms with Crippen molar-refractivity contribution in [2.24, 2.45) is 4.99 Å². The smallest absolute Gasteiger partial charge is 0.285 e. The number of carbonyl (C=O) groups is 1. The second kappa shape index (κ2) is 6.63. The Labute approximate surface area is 149 Å². The number of thiazole rings is 1. The Morgan fingerprint density at radius 1 is 1.25 bits per heavy atom. The number of benzene rings is 2. The Bertz CT molecular complexity index is 1010. The van der Waals surface area contributed by atoms with E-state index in [-0.39, 0.29) is 0 Å². The van der Waals surface area contributed by atoms with E-state index in [2.05, 4.69) is 4.99 Å². The van der Waals surface area contributed by atoms with Gasteiger partial charge in [0.2, 0.25) is 0 Å². The predicted octanol–water partition coefficient (Wildman–Crippen LogP) is 5.05. The average Bonchev–Trinajstić information content (AvgIpc) is 2.84. The number of aromatic nitrogens is 1. The van der Waals surface area contributed by atoms with Crippen LogP contribution in [0.15, 0.2) is 35.3 Å². The summed E-state index contributed by atoms with van der Waals surface area (Å²) in [6.45, 7) is 2.33. The highest BCUT2D eigenvalue weighted by Crippen LogP contribution is 2.29. The minimum absolute atomic E-state index is 0.296. The topological polar surface area (TPSA) is 34.4 Å². The van der Waals surface area contributed by atoms with E-state index in [1.165, 1.54) is 17.4 Å². The highest BCUT2D eigenvalue weighted by atomic mass is 35.5. The van der Waals surface area contributed by atoms with Crippen LogP contribution in [0.3, 0.4) is 0 Å². The Hall–Kier alpha value is -1.76. The number of aryl methyl sites for hydroxylation is 1. The number of hydrogen-bond acceptors (Lipinski definition) is 2. The fourth-order valence-electron chi connectivity index (χ4n) is 2.35. The molecule has 0 N–H and O–H groups in total. The number of fused-ring (bicyclic) bond motifs is 1. The van der Waals surface area contributed by atoms with Gasteiger partial charge in [0.25, 0.3) is 5.91 Å². The van der Waals surface area contributed by atoms with E-state index in [0.717, 1.165) is 16.8 Å². The molecule has 2 aromatic carbocycles. The number of hydrogen-bond donors (Lipinski definition) is 0. The molecular weight excluding hydrogens is 377 g/mol. The molecule has 0 fully saturated rings. The highest BCUT2D eigenvalue weighted by Gasteiger charge is 2.17. The lowest BCUT2D eigenvalue weighted by Gasteiger charge is -2.03. The Morgan fingerprint density at radius 2 is 1.92 bits per heavy atom. The van der Waals surface area contributed by atoms with Gasteiger partial charge >= 0.3 is 0 Å². The molecule has 0 saturated heterocycles. The number of amides is 1. The summed E-state index contributed by atoms with van der Waals surface area (Å²) in [6.07, 6.45) is 0. The van der Waals surface area contributed by atoms with Crippen molar-refractivity contribution in [2.45, 2.75) is 13.5 Å². The van der Waals surface area contributed by atoms with Gasteiger partial charge in [-0.15, -0.1) is 0 Å². The standard InChI is InChI=1S/C16H10Cl2F2N2OS/c1-2-22-14-9(18)6-8(17)7-12(14)24-16(22)21-15(23)13-10(19)4-3-5-11(13)20/h3-7H,2H2,1H3. The summed E-state index contributed by atoms with van der Waals surface area (Å²) in [4.78, 5) is 16.4. The maximum atomic E-state index is 13.7. The zero-order valence-corrected chi connectivity index (χ0v) is 14.6. The number of carbonyl (C=O) groups excluding carboxylic acids is 1. The van der Waals surface area contributed by atoms with E-state index < -0.39 is 23.1 Å². The van der Waals surface area contributed by atoms with Gasteiger partial charge in [-0.1, -0.05) is 40.6 Å². The van der Waals surface area contributed by atoms with Crippen molar-refractivity contribution in [1.29, 1.82) is 0 Å². The minimum Gasteiger partial charge on any atom is -0.315 e. The molecule has 0 radical (unpaired) electrons. The fraction of sp³-hybridized carbons (Fsp3) is 0.125. The molecule has 3 nitrogen and oxygen atoms in total. The summed E-state index contributed by atoms with van der Waals surface area (Å²) in [5.41, 5.74) is -0.00383. The third-order valence-electron chi connectivity index (χ3n) is 3.39. The first kappa shape index (κ1) is 17.1. The van der Waals surface area contributed by atoms with E-state index >= 15 is 0 Å². The van der Waals surface area contributed by atoms with Crippen LogP contribution in [0.2, 0.25) is 10.0 Å². The maximum absolute atomic E-state index is 13.7. The van der Waals surface area contributed by atoms with Gasteiger partial charge < -0.3 is 4.57 Å². The molecule has 0 aliphatic carbocycles. The van der Waals surface area contributed by atoms with E-state index in [1.807, 2.05) is 6.92 Å². The SMILES string of the molecule is CCn1c(=NC(=O)c2c(F)cccc2F)sc2cc(Cl)cc(Cl)c21. The van der Waals surface area contributed by atoms with Crippen LogP contribution in [0.5, 0.6) is 0 Å². The first-order valence-corrected chi connectivity index (χ1v) is 8.51. The molecule has 124 valence electrons. The summed E-state index contributed by atoms with van der Waals surface area (Å²) in [5, 5.41) is 0.872. The molecule has 3 aromatic rings. The van der Waals surface area contributed by atoms with Crippen molar-refractivity contribution in [3.05, 3.63) is 62.4 Å². The first-order chi connectivity index (χ1) is 11.4. The van der Waals surface area contributed by atoms with Crippen LogP contribution in [0.4, 0.5) is 8.78 Å². The zero-order chi connectivity index (χ0) is 17.4. The van der Waals surface area contributed by atoms with Gasteiger partial charge in [-0.25, -0.2) is 8.78 Å². The van der Waals surface area contributed by atoms with Gasteiger partial charge in [0, 0.05) is 11.6 Å². The van der Waals surface area contributed by atoms with Crippen LogP contribution in [0.25, 0.3) is 10.2 Å². The lowest BCUT2D eigenvalue weighted by molar-refractivity contribution is 0.0990. The highest BCUT2D eigenvalue weighted by molar-refractivity contribution is 7.16. The minimum atomic E-state index is -0.985. The zero-order valence-electron chi connectivity index (χ0n) is 12.3. The van der Waals surface area contributed by atoms with Gasteiger partial charge in [-0.3, -0.25) is 4.79 Å². The molecule has 0 spiro atoms. The molecule has 0 aliphatic rings. The van der Waals surface area contributed by atoms with Crippen molar-refractivity contribution in [3.8, 4) is 0 Å². The van der Waals surface area contributed by atoms with E-state index in [0.29, 0.717) is 26.9 Å². The van der Waals surface area contributed by atoms with Gasteiger partial charge in [0.1, 0.15) is 17.2 Å². The summed E-state index contributed by atoms with van der Waals surface area (Å²) < 4.78 is 29.9. The monoisotopic (exact) mass is 386 g/mol. The van der Waals surface area contributed by atoms with Gasteiger partial charge in [-0.05, 0) is 31.2 Å². The van der Waals surface area contributed by atoms with Crippen molar-refractivity contribution >= 4 is 50.7 Å². The molecule has 0 unspecified atom stereocenters. The third-order valence-corrected chi connectivity index (χ3v) is 4.92. The molecule has 0 aliphatic heterocycles. The fourth-order valence-corrected chi connectivity index (χ4v) is 4.23. The molecule has 24 heavy (non-hydrogen) atoms. The van der Waals surface area contributed by atoms with Gasteiger partial charge in [0.15, 0.2) is 4.80 Å². The van der Waals surface area contributed by atoms with Crippen LogP contribution < -0.4 is 4.80 Å². The molecule has 0 bridgehead atoms. The largest absolute Gasteiger partial charge is 0.315 e. The third kappa shape index (κ3) is 2.97. The van der Waals surface area contributed by atoms with E-state index in [4.69, 9.17) is 23.2 Å². The molecule has 0 saturated carbocycles. The second-order valence-electron chi connectivity index (χ2n) is 4.88. The number of rotatable bonds is 2. The van der Waals surface area contributed by atoms with Crippen LogP contribution in [-0.2, 0) is 6.54 Å². The molecular formula is C16H10Cl2F2N2OS. The van der Waals surface area contributed by atoms with Gasteiger partial charge in [-0.2, -0.15) is 4.99 Å². The van der Waals surface area contributed by atoms with Crippen LogP contribution in [0, 0.1) is 11.6 Å². The average molecular weight is 387 g/mol. The van der Waals surface area contributed by atoms with Crippen molar-refractivity contribution in [2.75, 3.05) is 0 Å². The maximum Gasteiger partial charge on any atom is 0.285 e. The van der Waals surface area contributed by atoms with Crippen LogP contribution in [0.1, 0.15) is 17.3 Å². The Morgan fingerprint density at radius 3 is 2.54 bits per heavy atom. The summed E-state index contributed by atoms with van der Waals surface area (Å²) in [7, 11) is 0.